The van der Waals surface area contributed by atoms with Gasteiger partial charge in [-0.15, -0.1) is 11.3 Å². The minimum Gasteiger partial charge on any atom is -0.390 e. The van der Waals surface area contributed by atoms with Crippen LogP contribution in [0.4, 0.5) is 5.69 Å². The fourth-order valence-corrected chi connectivity index (χ4v) is 4.29. The molecule has 0 spiro atoms. The number of para-hydroxylation sites is 1. The Morgan fingerprint density at radius 2 is 1.94 bits per heavy atom. The number of benzene rings is 1. The van der Waals surface area contributed by atoms with Crippen LogP contribution in [0, 0.1) is 0 Å². The van der Waals surface area contributed by atoms with Crippen LogP contribution in [-0.2, 0) is 22.6 Å². The Labute approximate surface area is 192 Å². The quantitative estimate of drug-likeness (QED) is 0.543. The molecule has 0 saturated carbocycles. The van der Waals surface area contributed by atoms with Crippen molar-refractivity contribution in [1.82, 2.24) is 10.2 Å². The Morgan fingerprint density at radius 1 is 1.26 bits per heavy atom. The third kappa shape index (κ3) is 7.50. The molecule has 1 aliphatic heterocycles. The van der Waals surface area contributed by atoms with Crippen molar-refractivity contribution in [1.29, 1.82) is 0 Å². The van der Waals surface area contributed by atoms with Crippen molar-refractivity contribution < 1.29 is 19.8 Å². The molecular weight excluding hydrogens is 438 g/mol. The number of piperazine rings is 1. The number of aliphatic hydroxyl groups is 2. The van der Waals surface area contributed by atoms with E-state index in [0.29, 0.717) is 37.7 Å². The number of aryl methyl sites for hydroxylation is 1. The smallest absolute Gasteiger partial charge is 0.254 e. The predicted octanol–water partition coefficient (Wildman–Crippen LogP) is 2.29. The number of carbonyl (C=O) groups is 2. The number of amides is 2. The lowest BCUT2D eigenvalue weighted by Gasteiger charge is -2.37. The third-order valence-electron chi connectivity index (χ3n) is 4.97. The lowest BCUT2D eigenvalue weighted by molar-refractivity contribution is -0.145. The number of nitrogens with zero attached hydrogens (tertiary/aromatic N) is 2. The summed E-state index contributed by atoms with van der Waals surface area (Å²) in [5, 5.41) is 24.3. The van der Waals surface area contributed by atoms with Crippen LogP contribution in [0.2, 0.25) is 5.02 Å². The zero-order valence-electron chi connectivity index (χ0n) is 17.8. The van der Waals surface area contributed by atoms with Gasteiger partial charge in [0, 0.05) is 31.1 Å². The molecule has 2 atom stereocenters. The van der Waals surface area contributed by atoms with E-state index in [1.807, 2.05) is 24.3 Å². The molecule has 0 radical (unpaired) electrons. The Morgan fingerprint density at radius 3 is 2.48 bits per heavy atom. The summed E-state index contributed by atoms with van der Waals surface area (Å²) in [6, 6.07) is 9.72. The highest BCUT2D eigenvalue weighted by Crippen LogP contribution is 2.26. The molecule has 0 aliphatic carbocycles. The lowest BCUT2D eigenvalue weighted by atomic mass is 10.1. The van der Waals surface area contributed by atoms with Crippen LogP contribution in [-0.4, -0.2) is 65.8 Å². The van der Waals surface area contributed by atoms with E-state index in [1.165, 1.54) is 17.4 Å². The summed E-state index contributed by atoms with van der Waals surface area (Å²) < 4.78 is 0. The van der Waals surface area contributed by atoms with Crippen molar-refractivity contribution in [2.24, 2.45) is 0 Å². The van der Waals surface area contributed by atoms with Crippen LogP contribution >= 0.6 is 22.9 Å². The van der Waals surface area contributed by atoms with Crippen LogP contribution in [0.15, 0.2) is 35.7 Å². The average Bonchev–Trinajstić information content (AvgIpc) is 3.25. The van der Waals surface area contributed by atoms with E-state index >= 15 is 0 Å². The number of thiophene rings is 1. The van der Waals surface area contributed by atoms with Gasteiger partial charge in [0.25, 0.3) is 5.91 Å². The first-order valence-corrected chi connectivity index (χ1v) is 11.5. The molecule has 2 amide bonds. The van der Waals surface area contributed by atoms with E-state index in [4.69, 9.17) is 11.6 Å². The number of carbonyl (C=O) groups excluding carboxylic acids is 2. The SMILES string of the molecule is CCc1csc(CNC=O)c1.C[C@H](O)[C@@H](O)C(=O)N1CCN(c2ccccc2Cl)CC1. The van der Waals surface area contributed by atoms with Gasteiger partial charge in [0.15, 0.2) is 6.10 Å². The van der Waals surface area contributed by atoms with E-state index in [2.05, 4.69) is 28.6 Å². The van der Waals surface area contributed by atoms with Gasteiger partial charge in [-0.3, -0.25) is 9.59 Å². The van der Waals surface area contributed by atoms with Crippen molar-refractivity contribution in [2.75, 3.05) is 31.1 Å². The van der Waals surface area contributed by atoms with Gasteiger partial charge >= 0.3 is 0 Å². The van der Waals surface area contributed by atoms with Gasteiger partial charge in [0.05, 0.1) is 23.4 Å². The molecule has 3 N–H and O–H groups in total. The molecule has 0 unspecified atom stereocenters. The zero-order valence-corrected chi connectivity index (χ0v) is 19.4. The summed E-state index contributed by atoms with van der Waals surface area (Å²) in [6.07, 6.45) is -0.603. The molecular formula is C22H30ClN3O4S. The fourth-order valence-electron chi connectivity index (χ4n) is 3.12. The largest absolute Gasteiger partial charge is 0.390 e. The molecule has 9 heteroatoms. The molecule has 1 aromatic carbocycles. The number of anilines is 1. The van der Waals surface area contributed by atoms with Gasteiger partial charge in [-0.05, 0) is 42.5 Å². The number of nitrogens with one attached hydrogen (secondary N) is 1. The average molecular weight is 468 g/mol. The molecule has 2 aromatic rings. The normalized spacial score (nSPS) is 15.5. The third-order valence-corrected chi connectivity index (χ3v) is 6.28. The Balaban J connectivity index is 0.000000262. The van der Waals surface area contributed by atoms with Crippen LogP contribution < -0.4 is 10.2 Å². The van der Waals surface area contributed by atoms with Crippen molar-refractivity contribution in [2.45, 2.75) is 39.0 Å². The van der Waals surface area contributed by atoms with Gasteiger partial charge in [0.2, 0.25) is 6.41 Å². The maximum atomic E-state index is 11.9. The van der Waals surface area contributed by atoms with Gasteiger partial charge in [-0.2, -0.15) is 0 Å². The second-order valence-electron chi connectivity index (χ2n) is 7.22. The van der Waals surface area contributed by atoms with Crippen LogP contribution in [0.3, 0.4) is 0 Å². The molecule has 170 valence electrons. The van der Waals surface area contributed by atoms with Gasteiger partial charge in [0.1, 0.15) is 0 Å². The summed E-state index contributed by atoms with van der Waals surface area (Å²) in [5.74, 6) is -0.418. The highest BCUT2D eigenvalue weighted by atomic mass is 35.5. The maximum absolute atomic E-state index is 11.9. The monoisotopic (exact) mass is 467 g/mol. The molecule has 31 heavy (non-hydrogen) atoms. The molecule has 2 heterocycles. The topological polar surface area (TPSA) is 93.1 Å². The maximum Gasteiger partial charge on any atom is 0.254 e. The molecule has 0 bridgehead atoms. The fraction of sp³-hybridized carbons (Fsp3) is 0.455. The molecule has 3 rings (SSSR count). The standard InChI is InChI=1S/C14H19ClN2O3.C8H11NOS/c1-10(18)13(19)14(20)17-8-6-16(7-9-17)12-5-3-2-4-11(12)15;1-2-7-3-8(11-5-7)4-9-6-10/h2-5,10,13,18-19H,6-9H2,1H3;3,5-6H,2,4H2,1H3,(H,9,10)/t10-,13+;/m0./s1. The summed E-state index contributed by atoms with van der Waals surface area (Å²) in [7, 11) is 0. The number of hydrogen-bond donors (Lipinski definition) is 3. The minimum atomic E-state index is -1.35. The van der Waals surface area contributed by atoms with E-state index in [1.54, 1.807) is 16.2 Å². The number of halogens is 1. The molecule has 1 saturated heterocycles. The summed E-state index contributed by atoms with van der Waals surface area (Å²) in [5.41, 5.74) is 2.30. The zero-order chi connectivity index (χ0) is 22.8. The highest BCUT2D eigenvalue weighted by Gasteiger charge is 2.29. The second kappa shape index (κ2) is 12.7. The first kappa shape index (κ1) is 25.1. The Hall–Kier alpha value is -2.13. The lowest BCUT2D eigenvalue weighted by Crippen LogP contribution is -2.53. The first-order chi connectivity index (χ1) is 14.9. The Kier molecular flexibility index (Phi) is 10.3. The van der Waals surface area contributed by atoms with Gasteiger partial charge in [-0.25, -0.2) is 0 Å². The second-order valence-corrected chi connectivity index (χ2v) is 8.63. The van der Waals surface area contributed by atoms with E-state index in [9.17, 15) is 19.8 Å². The van der Waals surface area contributed by atoms with Gasteiger partial charge < -0.3 is 25.3 Å². The van der Waals surface area contributed by atoms with Crippen LogP contribution in [0.5, 0.6) is 0 Å². The molecule has 1 fully saturated rings. The predicted molar refractivity (Wildman–Crippen MR) is 125 cm³/mol. The van der Waals surface area contributed by atoms with E-state index in [-0.39, 0.29) is 0 Å². The van der Waals surface area contributed by atoms with Crippen molar-refractivity contribution in [3.05, 3.63) is 51.2 Å². The summed E-state index contributed by atoms with van der Waals surface area (Å²) in [6.45, 7) is 6.52. The van der Waals surface area contributed by atoms with E-state index in [0.717, 1.165) is 18.5 Å². The molecule has 1 aromatic heterocycles. The summed E-state index contributed by atoms with van der Waals surface area (Å²) >= 11 is 7.85. The van der Waals surface area contributed by atoms with Crippen LogP contribution in [0.25, 0.3) is 0 Å². The van der Waals surface area contributed by atoms with Gasteiger partial charge in [-0.1, -0.05) is 30.7 Å². The minimum absolute atomic E-state index is 0.418. The van der Waals surface area contributed by atoms with Crippen molar-refractivity contribution in [3.8, 4) is 0 Å². The Bertz CT molecular complexity index is 838. The van der Waals surface area contributed by atoms with Crippen molar-refractivity contribution >= 4 is 40.9 Å². The first-order valence-electron chi connectivity index (χ1n) is 10.2. The van der Waals surface area contributed by atoms with E-state index < -0.39 is 18.1 Å². The molecule has 7 nitrogen and oxygen atoms in total. The van der Waals surface area contributed by atoms with Crippen molar-refractivity contribution in [3.63, 3.8) is 0 Å². The number of aliphatic hydroxyl groups excluding tert-OH is 2. The number of hydrogen-bond acceptors (Lipinski definition) is 6. The summed E-state index contributed by atoms with van der Waals surface area (Å²) in [4.78, 5) is 26.8. The number of rotatable bonds is 7. The highest BCUT2D eigenvalue weighted by molar-refractivity contribution is 7.10. The van der Waals surface area contributed by atoms with Crippen LogP contribution in [0.1, 0.15) is 24.3 Å². The molecule has 1 aliphatic rings.